The second-order valence-electron chi connectivity index (χ2n) is 7.41. The highest BCUT2D eigenvalue weighted by Gasteiger charge is 2.26. The number of benzene rings is 1. The number of hydrogen-bond donors (Lipinski definition) is 5. The molecule has 1 aliphatic carbocycles. The lowest BCUT2D eigenvalue weighted by Crippen LogP contribution is -2.55. The third kappa shape index (κ3) is 7.88. The Morgan fingerprint density at radius 2 is 1.77 bits per heavy atom. The van der Waals surface area contributed by atoms with Crippen molar-refractivity contribution in [3.63, 3.8) is 0 Å². The van der Waals surface area contributed by atoms with Crippen molar-refractivity contribution in [1.29, 1.82) is 0 Å². The van der Waals surface area contributed by atoms with E-state index in [-0.39, 0.29) is 28.9 Å². The second kappa shape index (κ2) is 11.2. The molecule has 1 fully saturated rings. The number of carbonyl (C=O) groups is 2. The van der Waals surface area contributed by atoms with E-state index in [0.29, 0.717) is 0 Å². The molecule has 1 atom stereocenters. The standard InChI is InChI=1S/C19H29N5O4S2/c1-13-7-9-15(10-8-13)30(27,28)24-16(11-12-17(20)25)18(26)22-23-19(29)21-14-5-3-2-4-6-14/h7-10,14,16,24H,2-6,11-12H2,1H3,(H2,20,25)(H,22,26)(H2,21,23,29). The molecule has 0 saturated heterocycles. The van der Waals surface area contributed by atoms with Crippen molar-refractivity contribution in [2.45, 2.75) is 68.8 Å². The summed E-state index contributed by atoms with van der Waals surface area (Å²) in [5, 5.41) is 3.39. The summed E-state index contributed by atoms with van der Waals surface area (Å²) in [5.74, 6) is -1.30. The van der Waals surface area contributed by atoms with Crippen LogP contribution in [-0.4, -0.2) is 37.4 Å². The number of hydrogen-bond acceptors (Lipinski definition) is 5. The van der Waals surface area contributed by atoms with E-state index in [1.807, 2.05) is 6.92 Å². The molecule has 2 rings (SSSR count). The molecule has 166 valence electrons. The molecule has 0 bridgehead atoms. The number of primary amides is 1. The lowest BCUT2D eigenvalue weighted by Gasteiger charge is -2.25. The summed E-state index contributed by atoms with van der Waals surface area (Å²) in [6.45, 7) is 1.84. The zero-order valence-corrected chi connectivity index (χ0v) is 18.6. The summed E-state index contributed by atoms with van der Waals surface area (Å²) in [4.78, 5) is 23.8. The highest BCUT2D eigenvalue weighted by atomic mass is 32.2. The van der Waals surface area contributed by atoms with Gasteiger partial charge < -0.3 is 11.1 Å². The van der Waals surface area contributed by atoms with Crippen molar-refractivity contribution in [2.75, 3.05) is 0 Å². The Kier molecular flexibility index (Phi) is 9.00. The zero-order chi connectivity index (χ0) is 22.1. The van der Waals surface area contributed by atoms with Crippen molar-refractivity contribution in [3.8, 4) is 0 Å². The molecule has 6 N–H and O–H groups in total. The van der Waals surface area contributed by atoms with Crippen molar-refractivity contribution in [2.24, 2.45) is 5.73 Å². The number of aryl methyl sites for hydroxylation is 1. The third-order valence-corrected chi connectivity index (χ3v) is 6.57. The molecule has 11 heteroatoms. The van der Waals surface area contributed by atoms with Gasteiger partial charge in [-0.15, -0.1) is 0 Å². The average molecular weight is 456 g/mol. The maximum absolute atomic E-state index is 12.6. The fourth-order valence-electron chi connectivity index (χ4n) is 3.18. The molecule has 30 heavy (non-hydrogen) atoms. The van der Waals surface area contributed by atoms with Gasteiger partial charge >= 0.3 is 0 Å². The van der Waals surface area contributed by atoms with Gasteiger partial charge in [-0.25, -0.2) is 8.42 Å². The quantitative estimate of drug-likeness (QED) is 0.287. The van der Waals surface area contributed by atoms with Gasteiger partial charge in [0, 0.05) is 12.5 Å². The molecule has 9 nitrogen and oxygen atoms in total. The lowest BCUT2D eigenvalue weighted by atomic mass is 9.96. The van der Waals surface area contributed by atoms with Crippen LogP contribution in [0.2, 0.25) is 0 Å². The fraction of sp³-hybridized carbons (Fsp3) is 0.526. The number of carbonyl (C=O) groups excluding carboxylic acids is 2. The molecule has 1 aromatic carbocycles. The van der Waals surface area contributed by atoms with E-state index in [1.54, 1.807) is 12.1 Å². The van der Waals surface area contributed by atoms with Crippen LogP contribution >= 0.6 is 12.2 Å². The molecule has 0 aliphatic heterocycles. The largest absolute Gasteiger partial charge is 0.370 e. The summed E-state index contributed by atoms with van der Waals surface area (Å²) in [5.41, 5.74) is 11.1. The van der Waals surface area contributed by atoms with Crippen LogP contribution in [0.25, 0.3) is 0 Å². The first-order valence-electron chi connectivity index (χ1n) is 9.91. The Morgan fingerprint density at radius 3 is 2.37 bits per heavy atom. The van der Waals surface area contributed by atoms with Gasteiger partial charge in [0.15, 0.2) is 5.11 Å². The number of hydrazine groups is 1. The number of rotatable bonds is 8. The molecule has 1 unspecified atom stereocenters. The molecule has 1 saturated carbocycles. The monoisotopic (exact) mass is 455 g/mol. The van der Waals surface area contributed by atoms with Crippen molar-refractivity contribution in [3.05, 3.63) is 29.8 Å². The summed E-state index contributed by atoms with van der Waals surface area (Å²) in [6.07, 6.45) is 5.24. The van der Waals surface area contributed by atoms with Gasteiger partial charge in [0.1, 0.15) is 6.04 Å². The van der Waals surface area contributed by atoms with E-state index in [1.165, 1.54) is 18.6 Å². The second-order valence-corrected chi connectivity index (χ2v) is 9.54. The van der Waals surface area contributed by atoms with Gasteiger partial charge in [-0.05, 0) is 50.5 Å². The van der Waals surface area contributed by atoms with E-state index in [4.69, 9.17) is 18.0 Å². The number of nitrogens with one attached hydrogen (secondary N) is 4. The molecular formula is C19H29N5O4S2. The molecule has 0 radical (unpaired) electrons. The SMILES string of the molecule is Cc1ccc(S(=O)(=O)NC(CCC(N)=O)C(=O)NNC(=S)NC2CCCCC2)cc1. The van der Waals surface area contributed by atoms with E-state index in [9.17, 15) is 18.0 Å². The minimum atomic E-state index is -3.97. The number of nitrogens with two attached hydrogens (primary N) is 1. The Balaban J connectivity index is 1.98. The fourth-order valence-corrected chi connectivity index (χ4v) is 4.62. The van der Waals surface area contributed by atoms with E-state index < -0.39 is 27.9 Å². The maximum Gasteiger partial charge on any atom is 0.256 e. The molecule has 1 aliphatic rings. The zero-order valence-electron chi connectivity index (χ0n) is 16.9. The normalized spacial score (nSPS) is 15.8. The van der Waals surface area contributed by atoms with Crippen molar-refractivity contribution in [1.82, 2.24) is 20.9 Å². The average Bonchev–Trinajstić information content (AvgIpc) is 2.70. The summed E-state index contributed by atoms with van der Waals surface area (Å²) >= 11 is 5.19. The van der Waals surface area contributed by atoms with Crippen LogP contribution in [0.4, 0.5) is 0 Å². The van der Waals surface area contributed by atoms with Crippen molar-refractivity contribution >= 4 is 39.2 Å². The molecule has 0 heterocycles. The van der Waals surface area contributed by atoms with E-state index >= 15 is 0 Å². The predicted molar refractivity (Wildman–Crippen MR) is 118 cm³/mol. The van der Waals surface area contributed by atoms with Crippen LogP contribution in [-0.2, 0) is 19.6 Å². The maximum atomic E-state index is 12.6. The number of amides is 2. The molecular weight excluding hydrogens is 426 g/mol. The first-order valence-corrected chi connectivity index (χ1v) is 11.8. The van der Waals surface area contributed by atoms with Gasteiger partial charge in [0.25, 0.3) is 5.91 Å². The van der Waals surface area contributed by atoms with Gasteiger partial charge in [-0.1, -0.05) is 37.0 Å². The highest BCUT2D eigenvalue weighted by Crippen LogP contribution is 2.17. The summed E-state index contributed by atoms with van der Waals surface area (Å²) < 4.78 is 27.6. The van der Waals surface area contributed by atoms with Crippen LogP contribution in [0.15, 0.2) is 29.2 Å². The van der Waals surface area contributed by atoms with Gasteiger partial charge in [0.05, 0.1) is 4.90 Å². The Hall–Kier alpha value is -2.24. The number of thiocarbonyl (C=S) groups is 1. The summed E-state index contributed by atoms with van der Waals surface area (Å²) in [6, 6.07) is 5.26. The van der Waals surface area contributed by atoms with E-state index in [0.717, 1.165) is 31.2 Å². The van der Waals surface area contributed by atoms with E-state index in [2.05, 4.69) is 20.9 Å². The van der Waals surface area contributed by atoms with Crippen LogP contribution in [0.5, 0.6) is 0 Å². The highest BCUT2D eigenvalue weighted by molar-refractivity contribution is 7.89. The smallest absolute Gasteiger partial charge is 0.256 e. The van der Waals surface area contributed by atoms with Crippen LogP contribution < -0.4 is 26.6 Å². The van der Waals surface area contributed by atoms with Crippen LogP contribution in [0.3, 0.4) is 0 Å². The Morgan fingerprint density at radius 1 is 1.13 bits per heavy atom. The van der Waals surface area contributed by atoms with Gasteiger partial charge in [0.2, 0.25) is 15.9 Å². The van der Waals surface area contributed by atoms with Crippen LogP contribution in [0.1, 0.15) is 50.5 Å². The third-order valence-electron chi connectivity index (χ3n) is 4.86. The topological polar surface area (TPSA) is 142 Å². The Bertz CT molecular complexity index is 852. The molecule has 2 amide bonds. The van der Waals surface area contributed by atoms with Gasteiger partial charge in [-0.3, -0.25) is 20.4 Å². The minimum absolute atomic E-state index is 0.0208. The first-order chi connectivity index (χ1) is 14.2. The first kappa shape index (κ1) is 24.0. The minimum Gasteiger partial charge on any atom is -0.370 e. The predicted octanol–water partition coefficient (Wildman–Crippen LogP) is 0.735. The molecule has 0 spiro atoms. The summed E-state index contributed by atoms with van der Waals surface area (Å²) in [7, 11) is -3.97. The van der Waals surface area contributed by atoms with Gasteiger partial charge in [-0.2, -0.15) is 4.72 Å². The number of sulfonamides is 1. The Labute approximate surface area is 182 Å². The van der Waals surface area contributed by atoms with Crippen LogP contribution in [0, 0.1) is 6.92 Å². The molecule has 1 aromatic rings. The molecule has 0 aromatic heterocycles. The lowest BCUT2D eigenvalue weighted by molar-refractivity contribution is -0.123. The van der Waals surface area contributed by atoms with Crippen molar-refractivity contribution < 1.29 is 18.0 Å².